The number of ether oxygens (including phenoxy) is 1. The van der Waals surface area contributed by atoms with Crippen LogP contribution >= 0.6 is 12.2 Å². The number of nitrogens with one attached hydrogen (secondary N) is 3. The molecule has 4 N–H and O–H groups in total. The minimum atomic E-state index is -1.27. The number of nitrogens with zero attached hydrogens (tertiary/aromatic N) is 3. The lowest BCUT2D eigenvalue weighted by Crippen LogP contribution is -2.32. The minimum Gasteiger partial charge on any atom is -0.465 e. The Morgan fingerprint density at radius 3 is 2.57 bits per heavy atom. The molecule has 10 nitrogen and oxygen atoms in total. The summed E-state index contributed by atoms with van der Waals surface area (Å²) in [6.45, 7) is 1.82. The molecule has 2 amide bonds. The van der Waals surface area contributed by atoms with Gasteiger partial charge in [0.15, 0.2) is 5.11 Å². The molecule has 11 heteroatoms. The summed E-state index contributed by atoms with van der Waals surface area (Å²) in [6.07, 6.45) is 0.188. The second kappa shape index (κ2) is 9.01. The first kappa shape index (κ1) is 20.7. The molecule has 0 fully saturated rings. The van der Waals surface area contributed by atoms with E-state index in [1.54, 1.807) is 49.5 Å². The predicted molar refractivity (Wildman–Crippen MR) is 114 cm³/mol. The molecule has 0 aliphatic heterocycles. The lowest BCUT2D eigenvalue weighted by Gasteiger charge is -2.10. The number of anilines is 2. The molecule has 30 heavy (non-hydrogen) atoms. The Hall–Kier alpha value is -3.99. The number of hydrogen-bond acceptors (Lipinski definition) is 6. The van der Waals surface area contributed by atoms with Crippen molar-refractivity contribution in [1.82, 2.24) is 20.1 Å². The van der Waals surface area contributed by atoms with Crippen LogP contribution in [0.2, 0.25) is 0 Å². The number of carbonyl (C=O) groups is 2. The smallest absolute Gasteiger partial charge is 0.410 e. The highest BCUT2D eigenvalue weighted by molar-refractivity contribution is 7.80. The van der Waals surface area contributed by atoms with Crippen LogP contribution in [0.1, 0.15) is 16.2 Å². The van der Waals surface area contributed by atoms with Crippen LogP contribution in [0.25, 0.3) is 0 Å². The highest BCUT2D eigenvalue weighted by Gasteiger charge is 2.12. The fraction of sp³-hybridized carbons (Fsp3) is 0.105. The van der Waals surface area contributed by atoms with Gasteiger partial charge in [-0.15, -0.1) is 0 Å². The number of carboxylic acid groups (broad SMARTS) is 1. The third-order valence-electron chi connectivity index (χ3n) is 3.76. The first-order chi connectivity index (χ1) is 14.3. The molecule has 3 rings (SSSR count). The summed E-state index contributed by atoms with van der Waals surface area (Å²) >= 11 is 4.83. The van der Waals surface area contributed by atoms with Crippen LogP contribution in [0.3, 0.4) is 0 Å². The number of pyridine rings is 1. The molecule has 154 valence electrons. The zero-order valence-corrected chi connectivity index (χ0v) is 16.9. The van der Waals surface area contributed by atoms with E-state index in [-0.39, 0.29) is 11.0 Å². The Balaban J connectivity index is 1.63. The van der Waals surface area contributed by atoms with E-state index in [0.717, 1.165) is 5.69 Å². The molecule has 0 atom stereocenters. The molecular formula is C19H18N6O4S. The van der Waals surface area contributed by atoms with Gasteiger partial charge in [0.05, 0.1) is 11.9 Å². The Bertz CT molecular complexity index is 1100. The molecule has 2 heterocycles. The third-order valence-corrected chi connectivity index (χ3v) is 3.96. The molecule has 0 unspecified atom stereocenters. The van der Waals surface area contributed by atoms with E-state index in [1.165, 1.54) is 10.9 Å². The van der Waals surface area contributed by atoms with Crippen molar-refractivity contribution in [3.63, 3.8) is 0 Å². The maximum Gasteiger partial charge on any atom is 0.410 e. The molecular weight excluding hydrogens is 408 g/mol. The molecule has 0 radical (unpaired) electrons. The number of hydrogen-bond donors (Lipinski definition) is 4. The van der Waals surface area contributed by atoms with Gasteiger partial charge in [0.1, 0.15) is 23.0 Å². The second-order valence-corrected chi connectivity index (χ2v) is 6.55. The van der Waals surface area contributed by atoms with Crippen molar-refractivity contribution in [1.29, 1.82) is 0 Å². The lowest BCUT2D eigenvalue weighted by molar-refractivity contribution is 0.101. The van der Waals surface area contributed by atoms with Gasteiger partial charge in [-0.3, -0.25) is 14.8 Å². The maximum absolute atomic E-state index is 12.4. The quantitative estimate of drug-likeness (QED) is 0.458. The van der Waals surface area contributed by atoms with Crippen molar-refractivity contribution in [3.8, 4) is 11.5 Å². The van der Waals surface area contributed by atoms with Crippen molar-refractivity contribution < 1.29 is 19.4 Å². The van der Waals surface area contributed by atoms with Crippen LogP contribution in [0, 0.1) is 6.92 Å². The Morgan fingerprint density at radius 2 is 1.93 bits per heavy atom. The van der Waals surface area contributed by atoms with Gasteiger partial charge in [-0.2, -0.15) is 5.10 Å². The van der Waals surface area contributed by atoms with Gasteiger partial charge >= 0.3 is 6.09 Å². The average molecular weight is 426 g/mol. The molecule has 2 aromatic heterocycles. The van der Waals surface area contributed by atoms with Crippen LogP contribution in [0.15, 0.2) is 48.7 Å². The topological polar surface area (TPSA) is 130 Å². The van der Waals surface area contributed by atoms with Crippen LogP contribution in [-0.4, -0.2) is 37.0 Å². The Labute approximate surface area is 176 Å². The van der Waals surface area contributed by atoms with E-state index in [4.69, 9.17) is 22.1 Å². The van der Waals surface area contributed by atoms with Crippen molar-refractivity contribution in [2.45, 2.75) is 6.92 Å². The summed E-state index contributed by atoms with van der Waals surface area (Å²) in [5, 5.41) is 20.1. The maximum atomic E-state index is 12.4. The van der Waals surface area contributed by atoms with E-state index in [0.29, 0.717) is 28.7 Å². The Morgan fingerprint density at radius 1 is 1.13 bits per heavy atom. The summed E-state index contributed by atoms with van der Waals surface area (Å²) in [5.74, 6) is 1.02. The molecule has 0 aliphatic carbocycles. The standard InChI is InChI=1S/C19H18N6O4S/c1-11-8-15(25(2)24-11)17(26)21-12-4-3-5-13(9-12)29-14-6-7-16(20-10-14)22-18(30)23-19(27)28/h3-10H,1-2H3,(H,21,26)(H,27,28)(H2,20,22,23,30). The lowest BCUT2D eigenvalue weighted by atomic mass is 10.2. The van der Waals surface area contributed by atoms with Gasteiger partial charge in [0.2, 0.25) is 0 Å². The monoisotopic (exact) mass is 426 g/mol. The van der Waals surface area contributed by atoms with Gasteiger partial charge in [0, 0.05) is 18.8 Å². The Kier molecular flexibility index (Phi) is 6.23. The number of thiocarbonyl (C=S) groups is 1. The van der Waals surface area contributed by atoms with Gasteiger partial charge in [-0.25, -0.2) is 9.78 Å². The summed E-state index contributed by atoms with van der Waals surface area (Å²) in [7, 11) is 1.71. The molecule has 3 aromatic rings. The van der Waals surface area contributed by atoms with Gasteiger partial charge in [-0.1, -0.05) is 6.07 Å². The largest absolute Gasteiger partial charge is 0.465 e. The first-order valence-corrected chi connectivity index (χ1v) is 9.08. The molecule has 0 saturated carbocycles. The summed E-state index contributed by atoms with van der Waals surface area (Å²) < 4.78 is 7.27. The summed E-state index contributed by atoms with van der Waals surface area (Å²) in [5.41, 5.74) is 1.76. The van der Waals surface area contributed by atoms with E-state index in [2.05, 4.69) is 20.7 Å². The molecule has 0 saturated heterocycles. The first-order valence-electron chi connectivity index (χ1n) is 8.67. The van der Waals surface area contributed by atoms with Crippen LogP contribution in [0.4, 0.5) is 16.3 Å². The van der Waals surface area contributed by atoms with Crippen molar-refractivity contribution in [2.24, 2.45) is 7.05 Å². The fourth-order valence-corrected chi connectivity index (χ4v) is 2.74. The number of carbonyl (C=O) groups excluding carboxylic acids is 1. The zero-order chi connectivity index (χ0) is 21.7. The molecule has 0 bridgehead atoms. The van der Waals surface area contributed by atoms with E-state index in [9.17, 15) is 9.59 Å². The molecule has 1 aromatic carbocycles. The number of amides is 2. The summed E-state index contributed by atoms with van der Waals surface area (Å²) in [4.78, 5) is 27.1. The summed E-state index contributed by atoms with van der Waals surface area (Å²) in [6, 6.07) is 11.8. The van der Waals surface area contributed by atoms with Crippen LogP contribution in [-0.2, 0) is 7.05 Å². The molecule has 0 aliphatic rings. The number of rotatable bonds is 5. The van der Waals surface area contributed by atoms with Gasteiger partial charge in [-0.05, 0) is 49.5 Å². The van der Waals surface area contributed by atoms with Crippen LogP contribution in [0.5, 0.6) is 11.5 Å². The third kappa shape index (κ3) is 5.52. The average Bonchev–Trinajstić information content (AvgIpc) is 3.01. The number of aromatic nitrogens is 3. The van der Waals surface area contributed by atoms with E-state index >= 15 is 0 Å². The van der Waals surface area contributed by atoms with Crippen molar-refractivity contribution in [2.75, 3.05) is 10.6 Å². The van der Waals surface area contributed by atoms with E-state index in [1.807, 2.05) is 12.2 Å². The second-order valence-electron chi connectivity index (χ2n) is 6.14. The van der Waals surface area contributed by atoms with Crippen LogP contribution < -0.4 is 20.7 Å². The highest BCUT2D eigenvalue weighted by atomic mass is 32.1. The van der Waals surface area contributed by atoms with E-state index < -0.39 is 6.09 Å². The zero-order valence-electron chi connectivity index (χ0n) is 16.0. The minimum absolute atomic E-state index is 0.0873. The van der Waals surface area contributed by atoms with Crippen molar-refractivity contribution >= 4 is 40.8 Å². The van der Waals surface area contributed by atoms with Crippen molar-refractivity contribution in [3.05, 3.63) is 60.0 Å². The highest BCUT2D eigenvalue weighted by Crippen LogP contribution is 2.24. The SMILES string of the molecule is Cc1cc(C(=O)Nc2cccc(Oc3ccc(NC(=S)NC(=O)O)nc3)c2)n(C)n1. The van der Waals surface area contributed by atoms with Gasteiger partial charge in [0.25, 0.3) is 5.91 Å². The number of benzene rings is 1. The predicted octanol–water partition coefficient (Wildman–Crippen LogP) is 3.13. The van der Waals surface area contributed by atoms with Gasteiger partial charge < -0.3 is 20.5 Å². The fourth-order valence-electron chi connectivity index (χ4n) is 2.55. The molecule has 0 spiro atoms. The normalized spacial score (nSPS) is 10.2. The number of aryl methyl sites for hydroxylation is 2.